The third-order valence-corrected chi connectivity index (χ3v) is 7.33. The number of piperidine rings is 1. The zero-order valence-electron chi connectivity index (χ0n) is 20.1. The number of likely N-dealkylation sites (tertiary alicyclic amines) is 1. The first-order chi connectivity index (χ1) is 16.4. The molecule has 1 N–H and O–H groups in total. The minimum atomic E-state index is -0.319. The Bertz CT molecular complexity index is 1070. The summed E-state index contributed by atoms with van der Waals surface area (Å²) >= 11 is 0. The lowest BCUT2D eigenvalue weighted by atomic mass is 9.58. The van der Waals surface area contributed by atoms with E-state index in [-0.39, 0.29) is 23.3 Å². The molecule has 0 bridgehead atoms. The predicted molar refractivity (Wildman–Crippen MR) is 132 cm³/mol. The van der Waals surface area contributed by atoms with Crippen molar-refractivity contribution in [2.45, 2.75) is 51.0 Å². The maximum absolute atomic E-state index is 12.7. The highest BCUT2D eigenvalue weighted by Gasteiger charge is 2.48. The molecule has 1 aliphatic carbocycles. The molecule has 1 amide bonds. The molecule has 1 aromatic carbocycles. The van der Waals surface area contributed by atoms with Crippen LogP contribution in [0.4, 0.5) is 0 Å². The number of furan rings is 1. The third kappa shape index (κ3) is 5.33. The number of hydrogen-bond acceptors (Lipinski definition) is 5. The number of amides is 1. The molecule has 2 aromatic rings. The van der Waals surface area contributed by atoms with E-state index >= 15 is 0 Å². The number of rotatable bonds is 7. The van der Waals surface area contributed by atoms with Crippen molar-refractivity contribution in [2.75, 3.05) is 19.6 Å². The minimum Gasteiger partial charge on any atom is -0.469 e. The number of nitrogens with one attached hydrogen (secondary N) is 1. The summed E-state index contributed by atoms with van der Waals surface area (Å²) in [5.74, 6) is 1.43. The monoisotopic (exact) mass is 462 g/mol. The van der Waals surface area contributed by atoms with E-state index in [4.69, 9.17) is 9.15 Å². The van der Waals surface area contributed by atoms with Gasteiger partial charge in [-0.2, -0.15) is 0 Å². The SMILES string of the molecule is C=CCN1CC[C@@]2(c3cccc(OC(C)=O)c3)C[C@@H](NC(=O)C=Cc3ccoc3C)CC[C@@H]2C1. The van der Waals surface area contributed by atoms with E-state index in [9.17, 15) is 9.59 Å². The maximum atomic E-state index is 12.7. The van der Waals surface area contributed by atoms with Gasteiger partial charge in [-0.05, 0) is 74.9 Å². The zero-order valence-corrected chi connectivity index (χ0v) is 20.1. The van der Waals surface area contributed by atoms with E-state index in [1.807, 2.05) is 37.3 Å². The molecule has 1 saturated heterocycles. The first kappa shape index (κ1) is 24.0. The van der Waals surface area contributed by atoms with Gasteiger partial charge in [-0.1, -0.05) is 18.2 Å². The average Bonchev–Trinajstić information content (AvgIpc) is 3.22. The van der Waals surface area contributed by atoms with Crippen LogP contribution in [-0.4, -0.2) is 42.5 Å². The summed E-state index contributed by atoms with van der Waals surface area (Å²) in [6, 6.07) is 9.90. The van der Waals surface area contributed by atoms with Gasteiger partial charge in [0.2, 0.25) is 5.91 Å². The fourth-order valence-corrected chi connectivity index (χ4v) is 5.71. The van der Waals surface area contributed by atoms with Gasteiger partial charge in [0.15, 0.2) is 0 Å². The number of nitrogens with zero attached hydrogens (tertiary/aromatic N) is 1. The van der Waals surface area contributed by atoms with Crippen LogP contribution in [0.15, 0.2) is 59.7 Å². The van der Waals surface area contributed by atoms with Gasteiger partial charge in [-0.15, -0.1) is 6.58 Å². The zero-order chi connectivity index (χ0) is 24.1. The highest BCUT2D eigenvalue weighted by Crippen LogP contribution is 2.49. The van der Waals surface area contributed by atoms with Crippen LogP contribution in [-0.2, 0) is 15.0 Å². The van der Waals surface area contributed by atoms with Crippen LogP contribution in [0.2, 0.25) is 0 Å². The molecule has 1 aliphatic heterocycles. The van der Waals surface area contributed by atoms with E-state index < -0.39 is 0 Å². The number of ether oxygens (including phenoxy) is 1. The summed E-state index contributed by atoms with van der Waals surface area (Å²) in [4.78, 5) is 26.7. The number of carbonyl (C=O) groups is 2. The van der Waals surface area contributed by atoms with Crippen molar-refractivity contribution >= 4 is 18.0 Å². The molecular weight excluding hydrogens is 428 g/mol. The number of hydrogen-bond donors (Lipinski definition) is 1. The van der Waals surface area contributed by atoms with E-state index in [2.05, 4.69) is 22.9 Å². The van der Waals surface area contributed by atoms with Gasteiger partial charge in [0.25, 0.3) is 0 Å². The van der Waals surface area contributed by atoms with Gasteiger partial charge >= 0.3 is 5.97 Å². The molecule has 0 radical (unpaired) electrons. The van der Waals surface area contributed by atoms with Crippen LogP contribution in [0.1, 0.15) is 49.5 Å². The van der Waals surface area contributed by atoms with Crippen molar-refractivity contribution in [3.63, 3.8) is 0 Å². The van der Waals surface area contributed by atoms with Crippen LogP contribution in [0, 0.1) is 12.8 Å². The molecule has 0 spiro atoms. The Balaban J connectivity index is 1.55. The van der Waals surface area contributed by atoms with Gasteiger partial charge in [-0.25, -0.2) is 0 Å². The predicted octanol–water partition coefficient (Wildman–Crippen LogP) is 4.64. The van der Waals surface area contributed by atoms with Crippen molar-refractivity contribution in [1.82, 2.24) is 10.2 Å². The van der Waals surface area contributed by atoms with E-state index in [0.29, 0.717) is 11.7 Å². The second-order valence-corrected chi connectivity index (χ2v) is 9.53. The molecule has 4 rings (SSSR count). The first-order valence-electron chi connectivity index (χ1n) is 12.0. The summed E-state index contributed by atoms with van der Waals surface area (Å²) in [5.41, 5.74) is 2.03. The normalized spacial score (nSPS) is 25.0. The number of benzene rings is 1. The molecule has 3 atom stereocenters. The molecule has 6 heteroatoms. The molecule has 2 heterocycles. The molecule has 1 saturated carbocycles. The molecule has 34 heavy (non-hydrogen) atoms. The summed E-state index contributed by atoms with van der Waals surface area (Å²) in [6.07, 6.45) is 10.8. The van der Waals surface area contributed by atoms with Gasteiger partial charge in [-0.3, -0.25) is 14.5 Å². The Morgan fingerprint density at radius 1 is 1.32 bits per heavy atom. The molecule has 2 aliphatic rings. The number of aryl methyl sites for hydroxylation is 1. The van der Waals surface area contributed by atoms with Crippen LogP contribution < -0.4 is 10.1 Å². The lowest BCUT2D eigenvalue weighted by Gasteiger charge is -2.53. The molecule has 1 aromatic heterocycles. The quantitative estimate of drug-likeness (QED) is 0.281. The van der Waals surface area contributed by atoms with Crippen molar-refractivity contribution < 1.29 is 18.7 Å². The van der Waals surface area contributed by atoms with Crippen LogP contribution in [0.25, 0.3) is 6.08 Å². The van der Waals surface area contributed by atoms with E-state index in [0.717, 1.165) is 56.6 Å². The summed E-state index contributed by atoms with van der Waals surface area (Å²) in [5, 5.41) is 3.24. The first-order valence-corrected chi connectivity index (χ1v) is 12.0. The Hall–Kier alpha value is -3.12. The van der Waals surface area contributed by atoms with Crippen molar-refractivity contribution in [2.24, 2.45) is 5.92 Å². The Morgan fingerprint density at radius 3 is 2.91 bits per heavy atom. The number of carbonyl (C=O) groups excluding carboxylic acids is 2. The van der Waals surface area contributed by atoms with Crippen LogP contribution in [0.5, 0.6) is 5.75 Å². The standard InChI is InChI=1S/C28H34N2O4/c1-4-14-30-15-13-28(23-6-5-7-26(17-23)34-21(3)31)18-25(10-9-24(28)19-30)29-27(32)11-8-22-12-16-33-20(22)2/h4-8,11-12,16-17,24-25H,1,9-10,13-15,18-19H2,2-3H3,(H,29,32)/t24-,25+,28+/m1/s1. The van der Waals surface area contributed by atoms with Gasteiger partial charge < -0.3 is 14.5 Å². The fraction of sp³-hybridized carbons (Fsp3) is 0.429. The maximum Gasteiger partial charge on any atom is 0.308 e. The van der Waals surface area contributed by atoms with E-state index in [1.165, 1.54) is 12.5 Å². The lowest BCUT2D eigenvalue weighted by molar-refractivity contribution is -0.131. The number of fused-ring (bicyclic) bond motifs is 1. The van der Waals surface area contributed by atoms with Gasteiger partial charge in [0.1, 0.15) is 11.5 Å². The smallest absolute Gasteiger partial charge is 0.308 e. The van der Waals surface area contributed by atoms with Crippen LogP contribution >= 0.6 is 0 Å². The molecule has 2 fully saturated rings. The minimum absolute atomic E-state index is 0.0745. The van der Waals surface area contributed by atoms with Crippen LogP contribution in [0.3, 0.4) is 0 Å². The second-order valence-electron chi connectivity index (χ2n) is 9.53. The molecule has 180 valence electrons. The average molecular weight is 463 g/mol. The molecular formula is C28H34N2O4. The second kappa shape index (κ2) is 10.4. The van der Waals surface area contributed by atoms with Gasteiger partial charge in [0, 0.05) is 43.1 Å². The summed E-state index contributed by atoms with van der Waals surface area (Å²) in [6.45, 7) is 10.1. The molecule has 6 nitrogen and oxygen atoms in total. The Morgan fingerprint density at radius 2 is 2.18 bits per heavy atom. The van der Waals surface area contributed by atoms with Gasteiger partial charge in [0.05, 0.1) is 6.26 Å². The highest BCUT2D eigenvalue weighted by atomic mass is 16.5. The third-order valence-electron chi connectivity index (χ3n) is 7.33. The topological polar surface area (TPSA) is 71.8 Å². The summed E-state index contributed by atoms with van der Waals surface area (Å²) in [7, 11) is 0. The largest absolute Gasteiger partial charge is 0.469 e. The fourth-order valence-electron chi connectivity index (χ4n) is 5.71. The summed E-state index contributed by atoms with van der Waals surface area (Å²) < 4.78 is 10.7. The highest BCUT2D eigenvalue weighted by molar-refractivity contribution is 5.92. The Kier molecular flexibility index (Phi) is 7.37. The van der Waals surface area contributed by atoms with Crippen molar-refractivity contribution in [3.05, 3.63) is 72.2 Å². The van der Waals surface area contributed by atoms with E-state index in [1.54, 1.807) is 18.4 Å². The lowest BCUT2D eigenvalue weighted by Crippen LogP contribution is -2.56. The Labute approximate surface area is 201 Å². The molecule has 0 unspecified atom stereocenters. The van der Waals surface area contributed by atoms with Crippen molar-refractivity contribution in [1.29, 1.82) is 0 Å². The van der Waals surface area contributed by atoms with Crippen molar-refractivity contribution in [3.8, 4) is 5.75 Å². The number of esters is 1.